The second kappa shape index (κ2) is 7.38. The predicted molar refractivity (Wildman–Crippen MR) is 76.2 cm³/mol. The molecule has 0 aliphatic carbocycles. The summed E-state index contributed by atoms with van der Waals surface area (Å²) in [5, 5.41) is 9.48. The molecule has 0 heterocycles. The van der Waals surface area contributed by atoms with Gasteiger partial charge in [-0.05, 0) is 12.1 Å². The lowest BCUT2D eigenvalue weighted by molar-refractivity contribution is 0.0743. The van der Waals surface area contributed by atoms with Crippen LogP contribution in [0, 0.1) is 0 Å². The van der Waals surface area contributed by atoms with E-state index in [0.29, 0.717) is 17.9 Å². The van der Waals surface area contributed by atoms with Crippen LogP contribution in [0.5, 0.6) is 5.75 Å². The average molecular weight is 304 g/mol. The lowest BCUT2D eigenvalue weighted by atomic mass is 10.2. The number of halogens is 2. The van der Waals surface area contributed by atoms with Gasteiger partial charge in [0.2, 0.25) is 0 Å². The van der Waals surface area contributed by atoms with E-state index in [-0.39, 0.29) is 29.1 Å². The fraction of sp³-hybridized carbons (Fsp3) is 0.308. The van der Waals surface area contributed by atoms with Gasteiger partial charge in [0, 0.05) is 18.7 Å². The van der Waals surface area contributed by atoms with E-state index in [1.54, 1.807) is 6.08 Å². The minimum absolute atomic E-state index is 0.128. The lowest BCUT2D eigenvalue weighted by Crippen LogP contribution is -2.33. The van der Waals surface area contributed by atoms with E-state index in [9.17, 15) is 4.79 Å². The first kappa shape index (κ1) is 15.8. The van der Waals surface area contributed by atoms with Crippen molar-refractivity contribution in [2.45, 2.75) is 0 Å². The largest absolute Gasteiger partial charge is 0.494 e. The standard InChI is InChI=1S/C13H15Cl2NO3/c1-3-4-16(5-6-17)13(18)9-7-10(14)12(19-2)11(15)8-9/h3,7-8,17H,1,4-6H2,2H3. The Morgan fingerprint density at radius 2 is 2.05 bits per heavy atom. The first-order valence-corrected chi connectivity index (χ1v) is 6.34. The van der Waals surface area contributed by atoms with Crippen LogP contribution in [-0.4, -0.2) is 42.7 Å². The average Bonchev–Trinajstić information content (AvgIpc) is 2.37. The maximum absolute atomic E-state index is 12.2. The molecule has 0 spiro atoms. The first-order chi connectivity index (χ1) is 9.04. The first-order valence-electron chi connectivity index (χ1n) is 5.59. The van der Waals surface area contributed by atoms with Gasteiger partial charge in [-0.3, -0.25) is 4.79 Å². The number of aliphatic hydroxyl groups excluding tert-OH is 1. The molecule has 0 fully saturated rings. The monoisotopic (exact) mass is 303 g/mol. The van der Waals surface area contributed by atoms with Crippen LogP contribution in [0.25, 0.3) is 0 Å². The van der Waals surface area contributed by atoms with Crippen molar-refractivity contribution in [1.82, 2.24) is 4.90 Å². The van der Waals surface area contributed by atoms with Crippen LogP contribution < -0.4 is 4.74 Å². The van der Waals surface area contributed by atoms with Gasteiger partial charge in [-0.15, -0.1) is 6.58 Å². The second-order valence-electron chi connectivity index (χ2n) is 3.74. The van der Waals surface area contributed by atoms with E-state index >= 15 is 0 Å². The molecule has 1 aromatic rings. The van der Waals surface area contributed by atoms with Crippen molar-refractivity contribution < 1.29 is 14.6 Å². The number of carbonyl (C=O) groups is 1. The van der Waals surface area contributed by atoms with Crippen LogP contribution in [0.15, 0.2) is 24.8 Å². The lowest BCUT2D eigenvalue weighted by Gasteiger charge is -2.20. The SMILES string of the molecule is C=CCN(CCO)C(=O)c1cc(Cl)c(OC)c(Cl)c1. The minimum atomic E-state index is -0.277. The summed E-state index contributed by atoms with van der Waals surface area (Å²) in [5.74, 6) is 0.0534. The summed E-state index contributed by atoms with van der Waals surface area (Å²) in [4.78, 5) is 13.7. The maximum Gasteiger partial charge on any atom is 0.254 e. The molecule has 0 aromatic heterocycles. The number of rotatable bonds is 6. The number of benzene rings is 1. The Labute approximate surface area is 122 Å². The molecule has 0 bridgehead atoms. The molecule has 1 N–H and O–H groups in total. The number of amides is 1. The van der Waals surface area contributed by atoms with E-state index < -0.39 is 0 Å². The Morgan fingerprint density at radius 3 is 2.47 bits per heavy atom. The van der Waals surface area contributed by atoms with Crippen LogP contribution in [0.2, 0.25) is 10.0 Å². The van der Waals surface area contributed by atoms with Gasteiger partial charge in [-0.1, -0.05) is 29.3 Å². The van der Waals surface area contributed by atoms with Crippen molar-refractivity contribution in [2.75, 3.05) is 26.8 Å². The van der Waals surface area contributed by atoms with Gasteiger partial charge in [0.25, 0.3) is 5.91 Å². The van der Waals surface area contributed by atoms with Crippen LogP contribution in [-0.2, 0) is 0 Å². The summed E-state index contributed by atoms with van der Waals surface area (Å²) in [6.45, 7) is 3.99. The highest BCUT2D eigenvalue weighted by atomic mass is 35.5. The Balaban J connectivity index is 3.07. The highest BCUT2D eigenvalue weighted by molar-refractivity contribution is 6.37. The zero-order valence-corrected chi connectivity index (χ0v) is 12.0. The van der Waals surface area contributed by atoms with E-state index in [2.05, 4.69) is 6.58 Å². The van der Waals surface area contributed by atoms with Crippen molar-refractivity contribution in [3.05, 3.63) is 40.4 Å². The molecule has 0 radical (unpaired) electrons. The van der Waals surface area contributed by atoms with Crippen molar-refractivity contribution in [1.29, 1.82) is 0 Å². The van der Waals surface area contributed by atoms with Gasteiger partial charge in [0.15, 0.2) is 5.75 Å². The van der Waals surface area contributed by atoms with Gasteiger partial charge < -0.3 is 14.7 Å². The maximum atomic E-state index is 12.2. The van der Waals surface area contributed by atoms with E-state index in [1.807, 2.05) is 0 Å². The molecule has 1 amide bonds. The minimum Gasteiger partial charge on any atom is -0.494 e. The number of methoxy groups -OCH3 is 1. The second-order valence-corrected chi connectivity index (χ2v) is 4.55. The fourth-order valence-corrected chi connectivity index (χ4v) is 2.25. The highest BCUT2D eigenvalue weighted by Gasteiger charge is 2.18. The van der Waals surface area contributed by atoms with Crippen LogP contribution in [0.3, 0.4) is 0 Å². The number of hydrogen-bond acceptors (Lipinski definition) is 3. The third-order valence-electron chi connectivity index (χ3n) is 2.46. The summed E-state index contributed by atoms with van der Waals surface area (Å²) in [7, 11) is 1.45. The molecule has 19 heavy (non-hydrogen) atoms. The number of hydrogen-bond donors (Lipinski definition) is 1. The zero-order valence-electron chi connectivity index (χ0n) is 10.5. The van der Waals surface area contributed by atoms with Gasteiger partial charge in [0.05, 0.1) is 23.8 Å². The van der Waals surface area contributed by atoms with Crippen molar-refractivity contribution >= 4 is 29.1 Å². The summed E-state index contributed by atoms with van der Waals surface area (Å²) >= 11 is 12.0. The van der Waals surface area contributed by atoms with Crippen molar-refractivity contribution in [3.8, 4) is 5.75 Å². The Kier molecular flexibility index (Phi) is 6.15. The number of aliphatic hydroxyl groups is 1. The topological polar surface area (TPSA) is 49.8 Å². The molecule has 0 aliphatic heterocycles. The van der Waals surface area contributed by atoms with Crippen LogP contribution in [0.4, 0.5) is 0 Å². The number of carbonyl (C=O) groups excluding carboxylic acids is 1. The van der Waals surface area contributed by atoms with Crippen molar-refractivity contribution in [3.63, 3.8) is 0 Å². The third-order valence-corrected chi connectivity index (χ3v) is 3.02. The van der Waals surface area contributed by atoms with Crippen LogP contribution >= 0.6 is 23.2 Å². The highest BCUT2D eigenvalue weighted by Crippen LogP contribution is 2.34. The van der Waals surface area contributed by atoms with Gasteiger partial charge in [-0.2, -0.15) is 0 Å². The van der Waals surface area contributed by atoms with Crippen LogP contribution in [0.1, 0.15) is 10.4 Å². The molecular weight excluding hydrogens is 289 g/mol. The molecule has 0 unspecified atom stereocenters. The number of ether oxygens (including phenoxy) is 1. The summed E-state index contributed by atoms with van der Waals surface area (Å²) in [6.07, 6.45) is 1.58. The molecule has 0 saturated heterocycles. The predicted octanol–water partition coefficient (Wildman–Crippen LogP) is 2.62. The molecule has 1 aromatic carbocycles. The summed E-state index contributed by atoms with van der Waals surface area (Å²) in [5.41, 5.74) is 0.339. The summed E-state index contributed by atoms with van der Waals surface area (Å²) in [6, 6.07) is 2.98. The molecule has 0 atom stereocenters. The molecule has 104 valence electrons. The van der Waals surface area contributed by atoms with E-state index in [0.717, 1.165) is 0 Å². The van der Waals surface area contributed by atoms with E-state index in [1.165, 1.54) is 24.1 Å². The summed E-state index contributed by atoms with van der Waals surface area (Å²) < 4.78 is 5.02. The van der Waals surface area contributed by atoms with Gasteiger partial charge in [-0.25, -0.2) is 0 Å². The normalized spacial score (nSPS) is 10.1. The Bertz CT molecular complexity index is 454. The molecule has 4 nitrogen and oxygen atoms in total. The van der Waals surface area contributed by atoms with Crippen molar-refractivity contribution in [2.24, 2.45) is 0 Å². The third kappa shape index (κ3) is 3.86. The molecule has 1 rings (SSSR count). The smallest absolute Gasteiger partial charge is 0.254 e. The Morgan fingerprint density at radius 1 is 1.47 bits per heavy atom. The van der Waals surface area contributed by atoms with Gasteiger partial charge in [0.1, 0.15) is 0 Å². The molecule has 0 saturated carbocycles. The number of nitrogens with zero attached hydrogens (tertiary/aromatic N) is 1. The molecule has 0 aliphatic rings. The van der Waals surface area contributed by atoms with Gasteiger partial charge >= 0.3 is 0 Å². The Hall–Kier alpha value is -1.23. The molecular formula is C13H15Cl2NO3. The quantitative estimate of drug-likeness (QED) is 0.822. The van der Waals surface area contributed by atoms with E-state index in [4.69, 9.17) is 33.0 Å². The fourth-order valence-electron chi connectivity index (χ4n) is 1.61. The molecule has 6 heteroatoms. The zero-order chi connectivity index (χ0) is 14.4.